The van der Waals surface area contributed by atoms with Crippen molar-refractivity contribution < 1.29 is 14.0 Å². The number of benzene rings is 1. The summed E-state index contributed by atoms with van der Waals surface area (Å²) in [6.07, 6.45) is 2.83. The zero-order valence-electron chi connectivity index (χ0n) is 14.5. The number of hydrogen-bond acceptors (Lipinski definition) is 6. The Labute approximate surface area is 158 Å². The molecule has 0 aliphatic heterocycles. The van der Waals surface area contributed by atoms with Crippen molar-refractivity contribution in [2.45, 2.75) is 38.6 Å². The molecular weight excluding hydrogens is 365 g/mol. The van der Waals surface area contributed by atoms with Gasteiger partial charge in [-0.15, -0.1) is 12.4 Å². The van der Waals surface area contributed by atoms with E-state index in [1.54, 1.807) is 19.2 Å². The van der Waals surface area contributed by atoms with Crippen molar-refractivity contribution in [3.8, 4) is 23.0 Å². The van der Waals surface area contributed by atoms with Crippen molar-refractivity contribution in [2.24, 2.45) is 11.7 Å². The first-order valence-corrected chi connectivity index (χ1v) is 8.44. The second-order valence-electron chi connectivity index (χ2n) is 6.63. The maximum atomic E-state index is 6.36. The SMILES string of the molecule is COc1cc(-c2nc(C3(N)CCC3)no2)cc(Cl)c1OCC(C)C.Cl. The van der Waals surface area contributed by atoms with E-state index >= 15 is 0 Å². The summed E-state index contributed by atoms with van der Waals surface area (Å²) in [6, 6.07) is 3.52. The standard InChI is InChI=1S/C17H22ClN3O3.ClH/c1-10(2)9-23-14-12(18)7-11(8-13(14)22-3)15-20-16(21-24-15)17(19)5-4-6-17;/h7-8,10H,4-6,9,19H2,1-3H3;1H. The number of hydrogen-bond donors (Lipinski definition) is 1. The van der Waals surface area contributed by atoms with Crippen LogP contribution in [0, 0.1) is 5.92 Å². The molecule has 25 heavy (non-hydrogen) atoms. The third-order valence-corrected chi connectivity index (χ3v) is 4.44. The average molecular weight is 388 g/mol. The van der Waals surface area contributed by atoms with Gasteiger partial charge in [0.1, 0.15) is 0 Å². The first-order chi connectivity index (χ1) is 11.4. The highest BCUT2D eigenvalue weighted by molar-refractivity contribution is 6.32. The van der Waals surface area contributed by atoms with E-state index in [1.807, 2.05) is 0 Å². The van der Waals surface area contributed by atoms with Crippen LogP contribution in [0.2, 0.25) is 5.02 Å². The molecule has 1 aliphatic carbocycles. The van der Waals surface area contributed by atoms with E-state index in [9.17, 15) is 0 Å². The van der Waals surface area contributed by atoms with Gasteiger partial charge in [0.2, 0.25) is 0 Å². The van der Waals surface area contributed by atoms with Gasteiger partial charge in [0.15, 0.2) is 17.3 Å². The number of ether oxygens (including phenoxy) is 2. The molecule has 6 nitrogen and oxygen atoms in total. The van der Waals surface area contributed by atoms with Gasteiger partial charge in [-0.25, -0.2) is 0 Å². The van der Waals surface area contributed by atoms with Crippen LogP contribution in [-0.4, -0.2) is 23.9 Å². The molecule has 0 bridgehead atoms. The molecule has 0 spiro atoms. The summed E-state index contributed by atoms with van der Waals surface area (Å²) >= 11 is 6.36. The Morgan fingerprint density at radius 2 is 2.08 bits per heavy atom. The van der Waals surface area contributed by atoms with Gasteiger partial charge in [0.25, 0.3) is 5.89 Å². The summed E-state index contributed by atoms with van der Waals surface area (Å²) in [5.74, 6) is 2.35. The summed E-state index contributed by atoms with van der Waals surface area (Å²) in [4.78, 5) is 4.44. The molecule has 2 aromatic rings. The number of rotatable bonds is 6. The first kappa shape index (κ1) is 19.8. The van der Waals surface area contributed by atoms with E-state index in [-0.39, 0.29) is 12.4 Å². The summed E-state index contributed by atoms with van der Waals surface area (Å²) in [6.45, 7) is 4.69. The summed E-state index contributed by atoms with van der Waals surface area (Å²) in [5, 5.41) is 4.47. The van der Waals surface area contributed by atoms with Crippen LogP contribution in [0.1, 0.15) is 38.9 Å². The Morgan fingerprint density at radius 3 is 2.64 bits per heavy atom. The molecule has 2 N–H and O–H groups in total. The molecule has 0 saturated heterocycles. The molecule has 1 fully saturated rings. The lowest BCUT2D eigenvalue weighted by atomic mass is 9.77. The second kappa shape index (κ2) is 7.81. The van der Waals surface area contributed by atoms with Gasteiger partial charge in [-0.05, 0) is 37.3 Å². The zero-order chi connectivity index (χ0) is 17.3. The molecule has 1 saturated carbocycles. The molecule has 1 heterocycles. The molecule has 1 aromatic carbocycles. The Morgan fingerprint density at radius 1 is 1.36 bits per heavy atom. The highest BCUT2D eigenvalue weighted by atomic mass is 35.5. The van der Waals surface area contributed by atoms with E-state index in [0.717, 1.165) is 19.3 Å². The molecule has 0 unspecified atom stereocenters. The minimum atomic E-state index is -0.462. The third-order valence-electron chi connectivity index (χ3n) is 4.15. The third kappa shape index (κ3) is 4.02. The van der Waals surface area contributed by atoms with Crippen LogP contribution >= 0.6 is 24.0 Å². The quantitative estimate of drug-likeness (QED) is 0.799. The van der Waals surface area contributed by atoms with E-state index < -0.39 is 5.54 Å². The summed E-state index contributed by atoms with van der Waals surface area (Å²) < 4.78 is 16.5. The Kier molecular flexibility index (Phi) is 6.19. The fraction of sp³-hybridized carbons (Fsp3) is 0.529. The van der Waals surface area contributed by atoms with Crippen LogP contribution in [0.5, 0.6) is 11.5 Å². The number of nitrogens with zero attached hydrogens (tertiary/aromatic N) is 2. The zero-order valence-corrected chi connectivity index (χ0v) is 16.1. The van der Waals surface area contributed by atoms with Crippen LogP contribution in [0.4, 0.5) is 0 Å². The van der Waals surface area contributed by atoms with Crippen molar-refractivity contribution in [2.75, 3.05) is 13.7 Å². The average Bonchev–Trinajstić information content (AvgIpc) is 3.00. The van der Waals surface area contributed by atoms with Gasteiger partial charge in [-0.1, -0.05) is 30.6 Å². The molecule has 3 rings (SSSR count). The summed E-state index contributed by atoms with van der Waals surface area (Å²) in [5.41, 5.74) is 6.45. The topological polar surface area (TPSA) is 83.4 Å². The maximum Gasteiger partial charge on any atom is 0.258 e. The van der Waals surface area contributed by atoms with Gasteiger partial charge in [-0.3, -0.25) is 0 Å². The first-order valence-electron chi connectivity index (χ1n) is 8.07. The maximum absolute atomic E-state index is 6.36. The van der Waals surface area contributed by atoms with E-state index in [1.165, 1.54) is 0 Å². The molecule has 8 heteroatoms. The van der Waals surface area contributed by atoms with Crippen LogP contribution in [0.15, 0.2) is 16.7 Å². The number of methoxy groups -OCH3 is 1. The van der Waals surface area contributed by atoms with Crippen LogP contribution in [0.3, 0.4) is 0 Å². The van der Waals surface area contributed by atoms with Crippen molar-refractivity contribution in [1.82, 2.24) is 10.1 Å². The van der Waals surface area contributed by atoms with E-state index in [0.29, 0.717) is 46.3 Å². The number of aromatic nitrogens is 2. The fourth-order valence-corrected chi connectivity index (χ4v) is 2.82. The highest BCUT2D eigenvalue weighted by Crippen LogP contribution is 2.41. The van der Waals surface area contributed by atoms with Crippen LogP contribution in [-0.2, 0) is 5.54 Å². The molecule has 0 amide bonds. The van der Waals surface area contributed by atoms with E-state index in [2.05, 4.69) is 24.0 Å². The lowest BCUT2D eigenvalue weighted by Crippen LogP contribution is -2.44. The minimum absolute atomic E-state index is 0. The molecule has 0 radical (unpaired) electrons. The van der Waals surface area contributed by atoms with Gasteiger partial charge in [-0.2, -0.15) is 4.98 Å². The van der Waals surface area contributed by atoms with Crippen molar-refractivity contribution in [1.29, 1.82) is 0 Å². The number of halogens is 2. The van der Waals surface area contributed by atoms with Crippen LogP contribution in [0.25, 0.3) is 11.5 Å². The fourth-order valence-electron chi connectivity index (χ4n) is 2.56. The molecular formula is C17H23Cl2N3O3. The molecule has 0 atom stereocenters. The number of nitrogens with two attached hydrogens (primary N) is 1. The minimum Gasteiger partial charge on any atom is -0.493 e. The van der Waals surface area contributed by atoms with Crippen LogP contribution < -0.4 is 15.2 Å². The van der Waals surface area contributed by atoms with Gasteiger partial charge in [0, 0.05) is 5.56 Å². The Bertz CT molecular complexity index is 730. The summed E-state index contributed by atoms with van der Waals surface area (Å²) in [7, 11) is 1.57. The normalized spacial score (nSPS) is 15.4. The largest absolute Gasteiger partial charge is 0.493 e. The molecule has 1 aromatic heterocycles. The monoisotopic (exact) mass is 387 g/mol. The lowest BCUT2D eigenvalue weighted by molar-refractivity contribution is 0.229. The van der Waals surface area contributed by atoms with Gasteiger partial charge < -0.3 is 19.7 Å². The highest BCUT2D eigenvalue weighted by Gasteiger charge is 2.39. The lowest BCUT2D eigenvalue weighted by Gasteiger charge is -2.34. The predicted molar refractivity (Wildman–Crippen MR) is 98.6 cm³/mol. The Balaban J connectivity index is 0.00000225. The second-order valence-corrected chi connectivity index (χ2v) is 7.03. The molecule has 138 valence electrons. The van der Waals surface area contributed by atoms with Crippen molar-refractivity contribution in [3.63, 3.8) is 0 Å². The van der Waals surface area contributed by atoms with Gasteiger partial charge >= 0.3 is 0 Å². The van der Waals surface area contributed by atoms with Crippen molar-refractivity contribution >= 4 is 24.0 Å². The van der Waals surface area contributed by atoms with Gasteiger partial charge in [0.05, 0.1) is 24.3 Å². The van der Waals surface area contributed by atoms with E-state index in [4.69, 9.17) is 31.3 Å². The smallest absolute Gasteiger partial charge is 0.258 e. The molecule has 1 aliphatic rings. The van der Waals surface area contributed by atoms with Crippen molar-refractivity contribution in [3.05, 3.63) is 23.0 Å². The Hall–Kier alpha value is -1.50. The predicted octanol–water partition coefficient (Wildman–Crippen LogP) is 4.19.